The number of hydrogen-bond donors (Lipinski definition) is 0. The van der Waals surface area contributed by atoms with E-state index >= 15 is 0 Å². The number of aromatic nitrogens is 3. The topological polar surface area (TPSA) is 50.5 Å². The number of piperidine rings is 1. The summed E-state index contributed by atoms with van der Waals surface area (Å²) in [5.74, 6) is 1.69. The minimum Gasteiger partial charge on any atom is -0.299 e. The molecule has 0 aliphatic carbocycles. The van der Waals surface area contributed by atoms with Gasteiger partial charge >= 0.3 is 0 Å². The summed E-state index contributed by atoms with van der Waals surface area (Å²) in [6, 6.07) is 8.19. The van der Waals surface area contributed by atoms with Crippen LogP contribution in [0.15, 0.2) is 30.5 Å². The molecule has 5 nitrogen and oxygen atoms in total. The van der Waals surface area contributed by atoms with Crippen molar-refractivity contribution in [2.45, 2.75) is 53.0 Å². The molecule has 0 radical (unpaired) electrons. The van der Waals surface area contributed by atoms with Gasteiger partial charge < -0.3 is 0 Å². The molecule has 0 unspecified atom stereocenters. The van der Waals surface area contributed by atoms with Gasteiger partial charge in [0.1, 0.15) is 5.82 Å². The smallest absolute Gasteiger partial charge is 0.160 e. The van der Waals surface area contributed by atoms with Crippen molar-refractivity contribution < 1.29 is 4.79 Å². The highest BCUT2D eigenvalue weighted by molar-refractivity contribution is 5.97. The van der Waals surface area contributed by atoms with Gasteiger partial charge in [-0.15, -0.1) is 10.2 Å². The van der Waals surface area contributed by atoms with Crippen LogP contribution < -0.4 is 0 Å². The number of nitrogens with zero attached hydrogens (tertiary/aromatic N) is 4. The van der Waals surface area contributed by atoms with Crippen LogP contribution in [0.2, 0.25) is 0 Å². The summed E-state index contributed by atoms with van der Waals surface area (Å²) in [4.78, 5) is 14.6. The Kier molecular flexibility index (Phi) is 5.02. The molecule has 0 bridgehead atoms. The van der Waals surface area contributed by atoms with E-state index in [4.69, 9.17) is 0 Å². The molecule has 1 fully saturated rings. The third kappa shape index (κ3) is 3.35. The second-order valence-corrected chi connectivity index (χ2v) is 8.08. The minimum atomic E-state index is 0.161. The van der Waals surface area contributed by atoms with E-state index in [1.54, 1.807) is 6.92 Å². The summed E-state index contributed by atoms with van der Waals surface area (Å²) in [6.45, 7) is 10.9. The Labute approximate surface area is 166 Å². The number of ketones is 1. The van der Waals surface area contributed by atoms with E-state index in [1.807, 2.05) is 25.1 Å². The van der Waals surface area contributed by atoms with Gasteiger partial charge in [0.05, 0.1) is 0 Å². The molecule has 28 heavy (non-hydrogen) atoms. The number of hydrogen-bond acceptors (Lipinski definition) is 4. The van der Waals surface area contributed by atoms with Gasteiger partial charge in [-0.3, -0.25) is 14.1 Å². The number of fused-ring (bicyclic) bond motifs is 1. The highest BCUT2D eigenvalue weighted by Gasteiger charge is 2.25. The number of Topliss-reactive ketones (excluding diaryl/α,β-unsaturated/α-hetero) is 1. The van der Waals surface area contributed by atoms with Gasteiger partial charge in [-0.25, -0.2) is 0 Å². The molecule has 1 aliphatic rings. The Morgan fingerprint density at radius 1 is 1.11 bits per heavy atom. The molecule has 3 heterocycles. The third-order valence-electron chi connectivity index (χ3n) is 6.16. The first-order valence-electron chi connectivity index (χ1n) is 10.1. The number of carbonyl (C=O) groups excluding carboxylic acids is 1. The predicted octanol–water partition coefficient (Wildman–Crippen LogP) is 4.24. The van der Waals surface area contributed by atoms with Crippen molar-refractivity contribution in [3.63, 3.8) is 0 Å². The summed E-state index contributed by atoms with van der Waals surface area (Å²) in [5, 5.41) is 8.76. The number of likely N-dealkylation sites (tertiary alicyclic amines) is 1. The Balaban J connectivity index is 1.49. The van der Waals surface area contributed by atoms with Crippen LogP contribution >= 0.6 is 0 Å². The maximum Gasteiger partial charge on any atom is 0.160 e. The van der Waals surface area contributed by atoms with Crippen LogP contribution in [0, 0.1) is 20.8 Å². The molecule has 0 amide bonds. The van der Waals surface area contributed by atoms with E-state index in [1.165, 1.54) is 11.1 Å². The van der Waals surface area contributed by atoms with Crippen molar-refractivity contribution >= 4 is 11.4 Å². The standard InChI is InChI=1S/C23H28N4O/c1-15-13-16(2)22(18(4)28)17(3)20(15)14-26-11-8-19(9-12-26)23-25-24-21-7-5-6-10-27(21)23/h5-7,10,13,19H,8-9,11-12,14H2,1-4H3. The summed E-state index contributed by atoms with van der Waals surface area (Å²) < 4.78 is 2.12. The zero-order valence-corrected chi connectivity index (χ0v) is 17.2. The van der Waals surface area contributed by atoms with Crippen LogP contribution in [0.5, 0.6) is 0 Å². The van der Waals surface area contributed by atoms with Crippen molar-refractivity contribution in [2.24, 2.45) is 0 Å². The molecular weight excluding hydrogens is 348 g/mol. The van der Waals surface area contributed by atoms with Gasteiger partial charge in [-0.1, -0.05) is 12.1 Å². The molecular formula is C23H28N4O. The second kappa shape index (κ2) is 7.47. The number of aryl methyl sites for hydroxylation is 2. The Morgan fingerprint density at radius 3 is 2.57 bits per heavy atom. The van der Waals surface area contributed by atoms with Crippen molar-refractivity contribution in [3.8, 4) is 0 Å². The fraction of sp³-hybridized carbons (Fsp3) is 0.435. The molecule has 4 rings (SSSR count). The van der Waals surface area contributed by atoms with E-state index in [0.29, 0.717) is 5.92 Å². The molecule has 0 N–H and O–H groups in total. The first kappa shape index (κ1) is 18.8. The van der Waals surface area contributed by atoms with E-state index in [2.05, 4.69) is 45.6 Å². The summed E-state index contributed by atoms with van der Waals surface area (Å²) in [7, 11) is 0. The monoisotopic (exact) mass is 376 g/mol. The van der Waals surface area contributed by atoms with Gasteiger partial charge in [-0.05, 0) is 88.0 Å². The highest BCUT2D eigenvalue weighted by Crippen LogP contribution is 2.30. The molecule has 146 valence electrons. The number of rotatable bonds is 4. The first-order valence-corrected chi connectivity index (χ1v) is 10.1. The van der Waals surface area contributed by atoms with Crippen molar-refractivity contribution in [2.75, 3.05) is 13.1 Å². The Bertz CT molecular complexity index is 1030. The molecule has 0 saturated carbocycles. The van der Waals surface area contributed by atoms with Crippen LogP contribution in [0.1, 0.15) is 64.1 Å². The fourth-order valence-electron chi connectivity index (χ4n) is 4.72. The van der Waals surface area contributed by atoms with Crippen molar-refractivity contribution in [1.82, 2.24) is 19.5 Å². The maximum absolute atomic E-state index is 12.1. The summed E-state index contributed by atoms with van der Waals surface area (Å²) in [6.07, 6.45) is 4.22. The normalized spacial score (nSPS) is 16.0. The molecule has 2 aromatic heterocycles. The van der Waals surface area contributed by atoms with E-state index in [0.717, 1.165) is 60.6 Å². The second-order valence-electron chi connectivity index (χ2n) is 8.08. The number of pyridine rings is 1. The minimum absolute atomic E-state index is 0.161. The van der Waals surface area contributed by atoms with Crippen LogP contribution in [0.4, 0.5) is 0 Å². The van der Waals surface area contributed by atoms with Gasteiger partial charge in [-0.2, -0.15) is 0 Å². The van der Waals surface area contributed by atoms with Crippen molar-refractivity contribution in [1.29, 1.82) is 0 Å². The van der Waals surface area contributed by atoms with Crippen LogP contribution in [0.3, 0.4) is 0 Å². The molecule has 1 saturated heterocycles. The molecule has 0 spiro atoms. The van der Waals surface area contributed by atoms with E-state index in [-0.39, 0.29) is 5.78 Å². The molecule has 1 aromatic carbocycles. The van der Waals surface area contributed by atoms with Crippen LogP contribution in [-0.2, 0) is 6.54 Å². The lowest BCUT2D eigenvalue weighted by molar-refractivity contribution is 0.101. The third-order valence-corrected chi connectivity index (χ3v) is 6.16. The molecule has 5 heteroatoms. The first-order chi connectivity index (χ1) is 13.5. The van der Waals surface area contributed by atoms with E-state index < -0.39 is 0 Å². The highest BCUT2D eigenvalue weighted by atomic mass is 16.1. The van der Waals surface area contributed by atoms with Gasteiger partial charge in [0, 0.05) is 24.2 Å². The lowest BCUT2D eigenvalue weighted by Crippen LogP contribution is -2.33. The Hall–Kier alpha value is -2.53. The quantitative estimate of drug-likeness (QED) is 0.639. The number of benzene rings is 1. The summed E-state index contributed by atoms with van der Waals surface area (Å²) in [5.41, 5.74) is 6.64. The molecule has 0 atom stereocenters. The average Bonchev–Trinajstić information content (AvgIpc) is 3.09. The SMILES string of the molecule is CC(=O)c1c(C)cc(C)c(CN2CCC(c3nnc4ccccn34)CC2)c1C. The average molecular weight is 377 g/mol. The van der Waals surface area contributed by atoms with Gasteiger partial charge in [0.25, 0.3) is 0 Å². The fourth-order valence-corrected chi connectivity index (χ4v) is 4.72. The zero-order valence-electron chi connectivity index (χ0n) is 17.2. The van der Waals surface area contributed by atoms with Crippen LogP contribution in [0.25, 0.3) is 5.65 Å². The predicted molar refractivity (Wildman–Crippen MR) is 111 cm³/mol. The lowest BCUT2D eigenvalue weighted by Gasteiger charge is -2.32. The lowest BCUT2D eigenvalue weighted by atomic mass is 9.90. The maximum atomic E-state index is 12.1. The van der Waals surface area contributed by atoms with Gasteiger partial charge in [0.15, 0.2) is 11.4 Å². The van der Waals surface area contributed by atoms with Crippen molar-refractivity contribution in [3.05, 3.63) is 64.1 Å². The molecule has 1 aliphatic heterocycles. The largest absolute Gasteiger partial charge is 0.299 e. The zero-order chi connectivity index (χ0) is 19.8. The van der Waals surface area contributed by atoms with E-state index in [9.17, 15) is 4.79 Å². The van der Waals surface area contributed by atoms with Gasteiger partial charge in [0.2, 0.25) is 0 Å². The number of carbonyl (C=O) groups is 1. The summed E-state index contributed by atoms with van der Waals surface area (Å²) >= 11 is 0. The Morgan fingerprint density at radius 2 is 1.86 bits per heavy atom. The molecule has 3 aromatic rings. The van der Waals surface area contributed by atoms with Crippen LogP contribution in [-0.4, -0.2) is 38.4 Å².